The molecule has 2 rings (SSSR count). The van der Waals surface area contributed by atoms with E-state index in [1.165, 1.54) is 19.5 Å². The van der Waals surface area contributed by atoms with Gasteiger partial charge in [-0.3, -0.25) is 4.79 Å². The highest BCUT2D eigenvalue weighted by atomic mass is 16.5. The van der Waals surface area contributed by atoms with Crippen LogP contribution in [0.1, 0.15) is 21.5 Å². The summed E-state index contributed by atoms with van der Waals surface area (Å²) in [5.41, 5.74) is 3.15. The van der Waals surface area contributed by atoms with Crippen molar-refractivity contribution in [2.24, 2.45) is 0 Å². The lowest BCUT2D eigenvalue weighted by molar-refractivity contribution is 0.102. The number of anilines is 1. The largest absolute Gasteiger partial charge is 0.467 e. The van der Waals surface area contributed by atoms with Crippen molar-refractivity contribution in [3.05, 3.63) is 47.3 Å². The molecule has 5 heteroatoms. The third kappa shape index (κ3) is 3.07. The van der Waals surface area contributed by atoms with Crippen LogP contribution in [0.25, 0.3) is 0 Å². The molecule has 0 atom stereocenters. The van der Waals surface area contributed by atoms with Crippen molar-refractivity contribution >= 4 is 11.6 Å². The van der Waals surface area contributed by atoms with Gasteiger partial charge in [0.05, 0.1) is 25.2 Å². The number of aryl methyl sites for hydroxylation is 2. The van der Waals surface area contributed by atoms with E-state index in [0.29, 0.717) is 11.3 Å². The Balaban J connectivity index is 2.18. The number of methoxy groups -OCH3 is 1. The number of amides is 1. The first-order valence-electron chi connectivity index (χ1n) is 5.85. The van der Waals surface area contributed by atoms with Crippen LogP contribution in [0.5, 0.6) is 6.01 Å². The Morgan fingerprint density at radius 2 is 1.89 bits per heavy atom. The fraction of sp³-hybridized carbons (Fsp3) is 0.214. The zero-order valence-corrected chi connectivity index (χ0v) is 11.1. The molecule has 19 heavy (non-hydrogen) atoms. The Labute approximate surface area is 111 Å². The van der Waals surface area contributed by atoms with Gasteiger partial charge in [0.1, 0.15) is 0 Å². The number of carbonyl (C=O) groups is 1. The molecule has 0 fully saturated rings. The molecule has 0 saturated carbocycles. The molecule has 2 aromatic rings. The highest BCUT2D eigenvalue weighted by Gasteiger charge is 2.10. The SMILES string of the molecule is COc1ncc(NC(=O)c2cc(C)ccc2C)cn1. The molecule has 5 nitrogen and oxygen atoms in total. The van der Waals surface area contributed by atoms with Gasteiger partial charge in [0.2, 0.25) is 0 Å². The maximum atomic E-state index is 12.1. The maximum absolute atomic E-state index is 12.1. The van der Waals surface area contributed by atoms with E-state index >= 15 is 0 Å². The highest BCUT2D eigenvalue weighted by Crippen LogP contribution is 2.14. The van der Waals surface area contributed by atoms with Crippen LogP contribution in [0.2, 0.25) is 0 Å². The number of benzene rings is 1. The fourth-order valence-electron chi connectivity index (χ4n) is 1.67. The van der Waals surface area contributed by atoms with E-state index in [1.807, 2.05) is 32.0 Å². The first kappa shape index (κ1) is 13.0. The standard InChI is InChI=1S/C14H15N3O2/c1-9-4-5-10(2)12(6-9)13(18)17-11-7-15-14(19-3)16-8-11/h4-8H,1-3H3,(H,17,18). The molecule has 0 aliphatic heterocycles. The minimum atomic E-state index is -0.171. The van der Waals surface area contributed by atoms with E-state index in [4.69, 9.17) is 4.74 Å². The van der Waals surface area contributed by atoms with Crippen molar-refractivity contribution in [3.63, 3.8) is 0 Å². The molecule has 0 saturated heterocycles. The second-order valence-corrected chi connectivity index (χ2v) is 4.23. The number of ether oxygens (including phenoxy) is 1. The van der Waals surface area contributed by atoms with E-state index in [0.717, 1.165) is 11.1 Å². The second kappa shape index (κ2) is 5.48. The number of hydrogen-bond acceptors (Lipinski definition) is 4. The molecule has 1 aromatic carbocycles. The van der Waals surface area contributed by atoms with Crippen molar-refractivity contribution in [3.8, 4) is 6.01 Å². The summed E-state index contributed by atoms with van der Waals surface area (Å²) in [5, 5.41) is 2.76. The van der Waals surface area contributed by atoms with Crippen LogP contribution in [0.15, 0.2) is 30.6 Å². The predicted octanol–water partition coefficient (Wildman–Crippen LogP) is 2.35. The van der Waals surface area contributed by atoms with Gasteiger partial charge in [-0.15, -0.1) is 0 Å². The fourth-order valence-corrected chi connectivity index (χ4v) is 1.67. The Morgan fingerprint density at radius 1 is 1.21 bits per heavy atom. The highest BCUT2D eigenvalue weighted by molar-refractivity contribution is 6.05. The quantitative estimate of drug-likeness (QED) is 0.916. The van der Waals surface area contributed by atoms with Crippen LogP contribution in [0.4, 0.5) is 5.69 Å². The summed E-state index contributed by atoms with van der Waals surface area (Å²) in [5.74, 6) is -0.171. The predicted molar refractivity (Wildman–Crippen MR) is 72.5 cm³/mol. The molecule has 0 spiro atoms. The van der Waals surface area contributed by atoms with Gasteiger partial charge < -0.3 is 10.1 Å². The van der Waals surface area contributed by atoms with Gasteiger partial charge in [-0.2, -0.15) is 0 Å². The van der Waals surface area contributed by atoms with E-state index in [9.17, 15) is 4.79 Å². The summed E-state index contributed by atoms with van der Waals surface area (Å²) in [6, 6.07) is 6.02. The Morgan fingerprint density at radius 3 is 2.53 bits per heavy atom. The average Bonchev–Trinajstić information content (AvgIpc) is 2.42. The molecule has 0 bridgehead atoms. The van der Waals surface area contributed by atoms with E-state index in [-0.39, 0.29) is 11.9 Å². The Hall–Kier alpha value is -2.43. The molecule has 1 N–H and O–H groups in total. The third-order valence-electron chi connectivity index (χ3n) is 2.71. The van der Waals surface area contributed by atoms with Crippen molar-refractivity contribution in [1.82, 2.24) is 9.97 Å². The normalized spacial score (nSPS) is 10.1. The van der Waals surface area contributed by atoms with E-state index in [2.05, 4.69) is 15.3 Å². The molecule has 0 aliphatic carbocycles. The summed E-state index contributed by atoms with van der Waals surface area (Å²) in [4.78, 5) is 20.0. The number of hydrogen-bond donors (Lipinski definition) is 1. The summed E-state index contributed by atoms with van der Waals surface area (Å²) >= 11 is 0. The molecule has 1 aromatic heterocycles. The zero-order valence-electron chi connectivity index (χ0n) is 11.1. The molecular weight excluding hydrogens is 242 g/mol. The molecule has 0 aliphatic rings. The molecule has 1 heterocycles. The van der Waals surface area contributed by atoms with Crippen molar-refractivity contribution < 1.29 is 9.53 Å². The Kier molecular flexibility index (Phi) is 3.75. The monoisotopic (exact) mass is 257 g/mol. The Bertz CT molecular complexity index is 594. The van der Waals surface area contributed by atoms with Crippen LogP contribution in [0.3, 0.4) is 0 Å². The smallest absolute Gasteiger partial charge is 0.316 e. The topological polar surface area (TPSA) is 64.1 Å². The molecular formula is C14H15N3O2. The van der Waals surface area contributed by atoms with Gasteiger partial charge in [-0.25, -0.2) is 9.97 Å². The maximum Gasteiger partial charge on any atom is 0.316 e. The minimum absolute atomic E-state index is 0.171. The number of carbonyl (C=O) groups excluding carboxylic acids is 1. The van der Waals surface area contributed by atoms with Crippen molar-refractivity contribution in [2.75, 3.05) is 12.4 Å². The molecule has 0 radical (unpaired) electrons. The lowest BCUT2D eigenvalue weighted by atomic mass is 10.1. The van der Waals surface area contributed by atoms with E-state index in [1.54, 1.807) is 0 Å². The summed E-state index contributed by atoms with van der Waals surface area (Å²) in [7, 11) is 1.49. The van der Waals surface area contributed by atoms with Gasteiger partial charge in [0.25, 0.3) is 5.91 Å². The third-order valence-corrected chi connectivity index (χ3v) is 2.71. The van der Waals surface area contributed by atoms with E-state index < -0.39 is 0 Å². The van der Waals surface area contributed by atoms with Crippen LogP contribution >= 0.6 is 0 Å². The first-order chi connectivity index (χ1) is 9.10. The number of rotatable bonds is 3. The number of nitrogens with zero attached hydrogens (tertiary/aromatic N) is 2. The average molecular weight is 257 g/mol. The van der Waals surface area contributed by atoms with Gasteiger partial charge in [-0.05, 0) is 25.5 Å². The van der Waals surface area contributed by atoms with Crippen molar-refractivity contribution in [2.45, 2.75) is 13.8 Å². The first-order valence-corrected chi connectivity index (χ1v) is 5.85. The zero-order chi connectivity index (χ0) is 13.8. The van der Waals surface area contributed by atoms with Gasteiger partial charge in [0.15, 0.2) is 0 Å². The number of nitrogens with one attached hydrogen (secondary N) is 1. The summed E-state index contributed by atoms with van der Waals surface area (Å²) < 4.78 is 4.86. The van der Waals surface area contributed by atoms with Crippen LogP contribution in [-0.2, 0) is 0 Å². The van der Waals surface area contributed by atoms with Gasteiger partial charge >= 0.3 is 6.01 Å². The molecule has 98 valence electrons. The van der Waals surface area contributed by atoms with Crippen LogP contribution in [-0.4, -0.2) is 23.0 Å². The second-order valence-electron chi connectivity index (χ2n) is 4.23. The van der Waals surface area contributed by atoms with Crippen molar-refractivity contribution in [1.29, 1.82) is 0 Å². The molecule has 1 amide bonds. The van der Waals surface area contributed by atoms with Crippen LogP contribution < -0.4 is 10.1 Å². The lowest BCUT2D eigenvalue weighted by Crippen LogP contribution is -2.14. The summed E-state index contributed by atoms with van der Waals surface area (Å²) in [6.07, 6.45) is 3.02. The van der Waals surface area contributed by atoms with Gasteiger partial charge in [0, 0.05) is 5.56 Å². The van der Waals surface area contributed by atoms with Crippen LogP contribution in [0, 0.1) is 13.8 Å². The minimum Gasteiger partial charge on any atom is -0.467 e. The number of aromatic nitrogens is 2. The lowest BCUT2D eigenvalue weighted by Gasteiger charge is -2.08. The molecule has 0 unspecified atom stereocenters. The summed E-state index contributed by atoms with van der Waals surface area (Å²) in [6.45, 7) is 3.85. The van der Waals surface area contributed by atoms with Gasteiger partial charge in [-0.1, -0.05) is 17.7 Å².